The molecule has 3 N–H and O–H groups in total. The highest BCUT2D eigenvalue weighted by Gasteiger charge is 2.10. The van der Waals surface area contributed by atoms with Gasteiger partial charge < -0.3 is 4.98 Å². The zero-order valence-electron chi connectivity index (χ0n) is 8.70. The zero-order chi connectivity index (χ0) is 12.0. The monoisotopic (exact) mass is 249 g/mol. The van der Waals surface area contributed by atoms with Crippen molar-refractivity contribution in [3.8, 4) is 10.7 Å². The van der Waals surface area contributed by atoms with Crippen LogP contribution in [-0.4, -0.2) is 24.9 Å². The molecule has 86 valence electrons. The molecule has 3 aromatic rings. The fraction of sp³-hybridized carbons (Fsp3) is 0.111. The molecule has 3 rings (SSSR count). The molecule has 0 radical (unpaired) electrons. The number of hydrogen-bond donors (Lipinski definition) is 3. The van der Waals surface area contributed by atoms with Crippen LogP contribution >= 0.6 is 11.3 Å². The van der Waals surface area contributed by atoms with Crippen molar-refractivity contribution in [2.45, 2.75) is 6.92 Å². The summed E-state index contributed by atoms with van der Waals surface area (Å²) < 4.78 is 0. The van der Waals surface area contributed by atoms with Crippen molar-refractivity contribution in [3.05, 3.63) is 32.0 Å². The highest BCUT2D eigenvalue weighted by Crippen LogP contribution is 2.23. The van der Waals surface area contributed by atoms with Gasteiger partial charge in [-0.2, -0.15) is 0 Å². The average molecular weight is 249 g/mol. The summed E-state index contributed by atoms with van der Waals surface area (Å²) in [5, 5.41) is 0.905. The third-order valence-corrected chi connectivity index (χ3v) is 3.16. The maximum atomic E-state index is 11.5. The lowest BCUT2D eigenvalue weighted by Gasteiger charge is -1.84. The van der Waals surface area contributed by atoms with Gasteiger partial charge in [0.2, 0.25) is 0 Å². The second-order valence-electron chi connectivity index (χ2n) is 3.46. The molecular formula is C9H7N5O2S. The van der Waals surface area contributed by atoms with Crippen LogP contribution in [0.5, 0.6) is 0 Å². The zero-order valence-corrected chi connectivity index (χ0v) is 9.51. The molecule has 0 fully saturated rings. The van der Waals surface area contributed by atoms with E-state index in [2.05, 4.69) is 24.9 Å². The number of fused-ring (bicyclic) bond motifs is 1. The van der Waals surface area contributed by atoms with E-state index >= 15 is 0 Å². The Bertz CT molecular complexity index is 809. The Hall–Kier alpha value is -2.22. The first-order valence-electron chi connectivity index (χ1n) is 4.78. The standard InChI is InChI=1S/C9H7N5O2S/c1-3-10-2-4(17-3)6-11-5-7(12-6)13-9(16)14-8(5)15/h2H,1H3,(H3,11,12,13,14,15,16). The number of thiazole rings is 1. The lowest BCUT2D eigenvalue weighted by atomic mass is 10.5. The molecule has 0 amide bonds. The summed E-state index contributed by atoms with van der Waals surface area (Å²) in [5.74, 6) is 0.526. The van der Waals surface area contributed by atoms with Crippen LogP contribution in [0.2, 0.25) is 0 Å². The highest BCUT2D eigenvalue weighted by atomic mass is 32.1. The minimum atomic E-state index is -0.568. The van der Waals surface area contributed by atoms with Crippen LogP contribution in [0.4, 0.5) is 0 Å². The first-order chi connectivity index (χ1) is 8.13. The van der Waals surface area contributed by atoms with Gasteiger partial charge in [0.15, 0.2) is 11.5 Å². The van der Waals surface area contributed by atoms with Crippen LogP contribution in [0.1, 0.15) is 5.01 Å². The van der Waals surface area contributed by atoms with E-state index in [-0.39, 0.29) is 11.2 Å². The predicted octanol–water partition coefficient (Wildman–Crippen LogP) is 0.371. The predicted molar refractivity (Wildman–Crippen MR) is 63.2 cm³/mol. The fourth-order valence-electron chi connectivity index (χ4n) is 1.52. The molecule has 17 heavy (non-hydrogen) atoms. The summed E-state index contributed by atoms with van der Waals surface area (Å²) in [5.41, 5.74) is -0.546. The average Bonchev–Trinajstić information content (AvgIpc) is 2.83. The molecule has 0 saturated heterocycles. The maximum absolute atomic E-state index is 11.5. The van der Waals surface area contributed by atoms with Gasteiger partial charge in [0.1, 0.15) is 5.52 Å². The molecular weight excluding hydrogens is 242 g/mol. The van der Waals surface area contributed by atoms with Crippen molar-refractivity contribution in [3.63, 3.8) is 0 Å². The number of hydrogen-bond acceptors (Lipinski definition) is 5. The van der Waals surface area contributed by atoms with E-state index in [1.54, 1.807) is 6.20 Å². The van der Waals surface area contributed by atoms with E-state index in [4.69, 9.17) is 0 Å². The molecule has 0 unspecified atom stereocenters. The molecule has 0 aliphatic heterocycles. The lowest BCUT2D eigenvalue weighted by Crippen LogP contribution is -2.21. The number of aryl methyl sites for hydroxylation is 1. The Morgan fingerprint density at radius 1 is 1.24 bits per heavy atom. The Balaban J connectivity index is 2.30. The van der Waals surface area contributed by atoms with E-state index < -0.39 is 11.2 Å². The molecule has 0 spiro atoms. The van der Waals surface area contributed by atoms with Crippen molar-refractivity contribution in [1.82, 2.24) is 24.9 Å². The lowest BCUT2D eigenvalue weighted by molar-refractivity contribution is 1.07. The summed E-state index contributed by atoms with van der Waals surface area (Å²) in [7, 11) is 0. The number of H-pyrrole nitrogens is 3. The van der Waals surface area contributed by atoms with E-state index in [0.29, 0.717) is 5.82 Å². The van der Waals surface area contributed by atoms with Crippen molar-refractivity contribution in [2.24, 2.45) is 0 Å². The molecule has 0 aromatic carbocycles. The first kappa shape index (κ1) is 9.97. The second kappa shape index (κ2) is 3.39. The van der Waals surface area contributed by atoms with Crippen LogP contribution in [0.25, 0.3) is 21.9 Å². The first-order valence-corrected chi connectivity index (χ1v) is 5.60. The van der Waals surface area contributed by atoms with E-state index in [1.165, 1.54) is 11.3 Å². The van der Waals surface area contributed by atoms with Crippen LogP contribution in [0, 0.1) is 6.92 Å². The minimum Gasteiger partial charge on any atom is -0.331 e. The van der Waals surface area contributed by atoms with Gasteiger partial charge in [-0.1, -0.05) is 0 Å². The molecule has 7 nitrogen and oxygen atoms in total. The number of aromatic amines is 3. The molecule has 3 aromatic heterocycles. The van der Waals surface area contributed by atoms with Gasteiger partial charge in [0, 0.05) is 6.20 Å². The topological polar surface area (TPSA) is 107 Å². The van der Waals surface area contributed by atoms with E-state index in [1.807, 2.05) is 6.92 Å². The molecule has 3 heterocycles. The quantitative estimate of drug-likeness (QED) is 0.579. The smallest absolute Gasteiger partial charge is 0.327 e. The summed E-state index contributed by atoms with van der Waals surface area (Å²) in [6.45, 7) is 1.88. The summed E-state index contributed by atoms with van der Waals surface area (Å²) in [6.07, 6.45) is 1.67. The van der Waals surface area contributed by atoms with Crippen molar-refractivity contribution >= 4 is 22.5 Å². The van der Waals surface area contributed by atoms with Gasteiger partial charge in [-0.25, -0.2) is 14.8 Å². The SMILES string of the molecule is Cc1ncc(-c2nc3[nH]c(=O)[nH]c(=O)c3[nH]2)s1. The number of nitrogens with one attached hydrogen (secondary N) is 3. The molecule has 8 heteroatoms. The van der Waals surface area contributed by atoms with Crippen molar-refractivity contribution in [1.29, 1.82) is 0 Å². The summed E-state index contributed by atoms with van der Waals surface area (Å²) in [4.78, 5) is 39.1. The van der Waals surface area contributed by atoms with Crippen LogP contribution in [0.3, 0.4) is 0 Å². The minimum absolute atomic E-state index is 0.250. The molecule has 0 bridgehead atoms. The Morgan fingerprint density at radius 2 is 2.06 bits per heavy atom. The highest BCUT2D eigenvalue weighted by molar-refractivity contribution is 7.14. The van der Waals surface area contributed by atoms with Gasteiger partial charge in [0.05, 0.1) is 9.88 Å². The van der Waals surface area contributed by atoms with Crippen LogP contribution in [0.15, 0.2) is 15.8 Å². The summed E-state index contributed by atoms with van der Waals surface area (Å²) >= 11 is 1.46. The van der Waals surface area contributed by atoms with Crippen molar-refractivity contribution in [2.75, 3.05) is 0 Å². The summed E-state index contributed by atoms with van der Waals surface area (Å²) in [6, 6.07) is 0. The Morgan fingerprint density at radius 3 is 2.76 bits per heavy atom. The molecule has 0 aliphatic carbocycles. The number of rotatable bonds is 1. The second-order valence-corrected chi connectivity index (χ2v) is 4.70. The number of aromatic nitrogens is 5. The van der Waals surface area contributed by atoms with E-state index in [0.717, 1.165) is 9.88 Å². The van der Waals surface area contributed by atoms with Gasteiger partial charge in [-0.15, -0.1) is 11.3 Å². The third kappa shape index (κ3) is 1.58. The van der Waals surface area contributed by atoms with Gasteiger partial charge in [-0.3, -0.25) is 14.8 Å². The molecule has 0 saturated carbocycles. The number of imidazole rings is 1. The third-order valence-electron chi connectivity index (χ3n) is 2.24. The van der Waals surface area contributed by atoms with Gasteiger partial charge >= 0.3 is 5.69 Å². The van der Waals surface area contributed by atoms with Crippen LogP contribution < -0.4 is 11.2 Å². The van der Waals surface area contributed by atoms with E-state index in [9.17, 15) is 9.59 Å². The maximum Gasteiger partial charge on any atom is 0.327 e. The number of nitrogens with zero attached hydrogens (tertiary/aromatic N) is 2. The largest absolute Gasteiger partial charge is 0.331 e. The Kier molecular flexibility index (Phi) is 1.99. The Labute approximate surface area is 97.6 Å². The molecule has 0 atom stereocenters. The van der Waals surface area contributed by atoms with Gasteiger partial charge in [-0.05, 0) is 6.92 Å². The normalized spacial score (nSPS) is 11.1. The molecule has 0 aliphatic rings. The van der Waals surface area contributed by atoms with Gasteiger partial charge in [0.25, 0.3) is 5.56 Å². The van der Waals surface area contributed by atoms with Crippen LogP contribution in [-0.2, 0) is 0 Å². The van der Waals surface area contributed by atoms with Crippen molar-refractivity contribution < 1.29 is 0 Å². The fourth-order valence-corrected chi connectivity index (χ4v) is 2.24.